The van der Waals surface area contributed by atoms with E-state index in [-0.39, 0.29) is 10.6 Å². The highest BCUT2D eigenvalue weighted by Gasteiger charge is 2.20. The van der Waals surface area contributed by atoms with Crippen LogP contribution in [0.2, 0.25) is 0 Å². The fourth-order valence-electron chi connectivity index (χ4n) is 1.28. The highest BCUT2D eigenvalue weighted by Crippen LogP contribution is 2.24. The molecule has 1 rings (SSSR count). The molecule has 0 spiro atoms. The van der Waals surface area contributed by atoms with Gasteiger partial charge in [0.05, 0.1) is 36.9 Å². The normalized spacial score (nSPS) is 11.8. The van der Waals surface area contributed by atoms with E-state index in [4.69, 9.17) is 20.7 Å². The second kappa shape index (κ2) is 6.01. The van der Waals surface area contributed by atoms with Crippen LogP contribution in [0.15, 0.2) is 23.1 Å². The molecule has 1 aromatic rings. The second-order valence-electron chi connectivity index (χ2n) is 3.59. The van der Waals surface area contributed by atoms with Crippen LogP contribution >= 0.6 is 0 Å². The van der Waals surface area contributed by atoms with E-state index in [2.05, 4.69) is 4.72 Å². The number of nitrogens with one attached hydrogen (secondary N) is 1. The number of methoxy groups -OCH3 is 1. The number of nitrogen functional groups attached to an aromatic ring is 1. The molecule has 7 nitrogen and oxygen atoms in total. The topological polar surface area (TPSA) is 122 Å². The van der Waals surface area contributed by atoms with Crippen LogP contribution in [0.3, 0.4) is 0 Å². The number of rotatable bonds is 6. The van der Waals surface area contributed by atoms with Crippen LogP contribution in [0.5, 0.6) is 5.75 Å². The summed E-state index contributed by atoms with van der Waals surface area (Å²) in [7, 11) is -2.46. The quantitative estimate of drug-likeness (QED) is 0.490. The molecule has 0 aliphatic heterocycles. The van der Waals surface area contributed by atoms with E-state index >= 15 is 0 Å². The second-order valence-corrected chi connectivity index (χ2v) is 5.30. The van der Waals surface area contributed by atoms with Gasteiger partial charge in [-0.15, -0.1) is 0 Å². The van der Waals surface area contributed by atoms with Crippen molar-refractivity contribution in [3.05, 3.63) is 18.2 Å². The average molecular weight is 276 g/mol. The van der Waals surface area contributed by atoms with Crippen molar-refractivity contribution in [1.82, 2.24) is 4.72 Å². The van der Waals surface area contributed by atoms with Gasteiger partial charge in [-0.3, -0.25) is 0 Å². The highest BCUT2D eigenvalue weighted by atomic mass is 32.2. The number of ether oxygens (including phenoxy) is 1. The molecule has 0 heterocycles. The minimum absolute atomic E-state index is 0.0551. The monoisotopic (exact) mass is 276 g/mol. The number of aliphatic hydroxyl groups is 2. The first kappa shape index (κ1) is 14.7. The molecule has 18 heavy (non-hydrogen) atoms. The van der Waals surface area contributed by atoms with Crippen LogP contribution in [-0.2, 0) is 10.0 Å². The molecule has 0 saturated heterocycles. The molecule has 102 valence electrons. The van der Waals surface area contributed by atoms with Crippen molar-refractivity contribution in [1.29, 1.82) is 0 Å². The van der Waals surface area contributed by atoms with Gasteiger partial charge in [-0.2, -0.15) is 0 Å². The third-order valence-electron chi connectivity index (χ3n) is 2.28. The summed E-state index contributed by atoms with van der Waals surface area (Å²) in [5, 5.41) is 17.7. The maximum atomic E-state index is 11.9. The summed E-state index contributed by atoms with van der Waals surface area (Å²) in [6, 6.07) is 3.04. The highest BCUT2D eigenvalue weighted by molar-refractivity contribution is 7.89. The Morgan fingerprint density at radius 2 is 2.00 bits per heavy atom. The van der Waals surface area contributed by atoms with Gasteiger partial charge in [-0.1, -0.05) is 0 Å². The van der Waals surface area contributed by atoms with Gasteiger partial charge >= 0.3 is 0 Å². The summed E-state index contributed by atoms with van der Waals surface area (Å²) in [5.74, 6) is 0.238. The molecular formula is C10H16N2O5S. The molecule has 0 aliphatic rings. The third kappa shape index (κ3) is 3.33. The molecular weight excluding hydrogens is 260 g/mol. The molecule has 1 aromatic carbocycles. The Hall–Kier alpha value is -1.35. The van der Waals surface area contributed by atoms with Crippen molar-refractivity contribution in [3.63, 3.8) is 0 Å². The van der Waals surface area contributed by atoms with Crippen molar-refractivity contribution in [2.45, 2.75) is 10.9 Å². The van der Waals surface area contributed by atoms with Gasteiger partial charge < -0.3 is 20.7 Å². The lowest BCUT2D eigenvalue weighted by Crippen LogP contribution is -2.40. The maximum absolute atomic E-state index is 11.9. The zero-order valence-corrected chi connectivity index (χ0v) is 10.6. The van der Waals surface area contributed by atoms with Gasteiger partial charge in [0.1, 0.15) is 5.75 Å². The number of benzene rings is 1. The largest absolute Gasteiger partial charge is 0.495 e. The van der Waals surface area contributed by atoms with E-state index in [1.807, 2.05) is 0 Å². The maximum Gasteiger partial charge on any atom is 0.241 e. The number of hydrogen-bond acceptors (Lipinski definition) is 6. The Morgan fingerprint density at radius 1 is 1.39 bits per heavy atom. The van der Waals surface area contributed by atoms with Crippen molar-refractivity contribution >= 4 is 15.7 Å². The minimum Gasteiger partial charge on any atom is -0.495 e. The molecule has 0 amide bonds. The number of aliphatic hydroxyl groups excluding tert-OH is 2. The van der Waals surface area contributed by atoms with Crippen LogP contribution in [0.4, 0.5) is 5.69 Å². The molecule has 8 heteroatoms. The van der Waals surface area contributed by atoms with Crippen molar-refractivity contribution in [2.75, 3.05) is 26.1 Å². The van der Waals surface area contributed by atoms with Gasteiger partial charge in [0.2, 0.25) is 10.0 Å². The standard InChI is InChI=1S/C10H16N2O5S/c1-17-10-4-8(2-3-9(10)11)18(15,16)12-7(5-13)6-14/h2-4,7,12-14H,5-6,11H2,1H3. The minimum atomic E-state index is -3.84. The molecule has 0 radical (unpaired) electrons. The Bertz CT molecular complexity index is 499. The van der Waals surface area contributed by atoms with Crippen molar-refractivity contribution < 1.29 is 23.4 Å². The SMILES string of the molecule is COc1cc(S(=O)(=O)NC(CO)CO)ccc1N. The number of anilines is 1. The molecule has 5 N–H and O–H groups in total. The summed E-state index contributed by atoms with van der Waals surface area (Å²) in [6.45, 7) is -0.996. The predicted octanol–water partition coefficient (Wildman–Crippen LogP) is -1.09. The first-order chi connectivity index (χ1) is 8.44. The molecule has 0 saturated carbocycles. The predicted molar refractivity (Wildman–Crippen MR) is 65.7 cm³/mol. The smallest absolute Gasteiger partial charge is 0.241 e. The lowest BCUT2D eigenvalue weighted by atomic mass is 10.3. The Labute approximate surface area is 105 Å². The number of hydrogen-bond donors (Lipinski definition) is 4. The van der Waals surface area contributed by atoms with E-state index < -0.39 is 29.3 Å². The molecule has 0 aromatic heterocycles. The summed E-state index contributed by atoms with van der Waals surface area (Å²) in [4.78, 5) is -0.0551. The Morgan fingerprint density at radius 3 is 2.50 bits per heavy atom. The Kier molecular flexibility index (Phi) is 4.91. The van der Waals surface area contributed by atoms with Gasteiger partial charge in [0, 0.05) is 6.07 Å². The molecule has 0 atom stereocenters. The van der Waals surface area contributed by atoms with E-state index in [0.29, 0.717) is 5.69 Å². The fourth-order valence-corrected chi connectivity index (χ4v) is 2.51. The van der Waals surface area contributed by atoms with Gasteiger partial charge in [-0.05, 0) is 12.1 Å². The summed E-state index contributed by atoms with van der Waals surface area (Å²) in [5.41, 5.74) is 5.89. The van der Waals surface area contributed by atoms with E-state index in [0.717, 1.165) is 0 Å². The van der Waals surface area contributed by atoms with Gasteiger partial charge in [0.25, 0.3) is 0 Å². The van der Waals surface area contributed by atoms with Crippen molar-refractivity contribution in [2.24, 2.45) is 0 Å². The van der Waals surface area contributed by atoms with Crippen LogP contribution in [0.1, 0.15) is 0 Å². The molecule has 0 bridgehead atoms. The van der Waals surface area contributed by atoms with Crippen LogP contribution in [0.25, 0.3) is 0 Å². The van der Waals surface area contributed by atoms with Crippen LogP contribution in [-0.4, -0.2) is 45.0 Å². The van der Waals surface area contributed by atoms with Crippen molar-refractivity contribution in [3.8, 4) is 5.75 Å². The number of nitrogens with two attached hydrogens (primary N) is 1. The van der Waals surface area contributed by atoms with Gasteiger partial charge in [0.15, 0.2) is 0 Å². The molecule has 0 fully saturated rings. The average Bonchev–Trinajstić information content (AvgIpc) is 2.36. The van der Waals surface area contributed by atoms with E-state index in [9.17, 15) is 8.42 Å². The van der Waals surface area contributed by atoms with E-state index in [1.165, 1.54) is 25.3 Å². The first-order valence-electron chi connectivity index (χ1n) is 5.12. The third-order valence-corrected chi connectivity index (χ3v) is 3.80. The fraction of sp³-hybridized carbons (Fsp3) is 0.400. The zero-order chi connectivity index (χ0) is 13.8. The van der Waals surface area contributed by atoms with Crippen LogP contribution < -0.4 is 15.2 Å². The summed E-state index contributed by atoms with van der Waals surface area (Å²) in [6.07, 6.45) is 0. The summed E-state index contributed by atoms with van der Waals surface area (Å²) < 4.78 is 30.9. The first-order valence-corrected chi connectivity index (χ1v) is 6.60. The molecule has 0 aliphatic carbocycles. The lowest BCUT2D eigenvalue weighted by molar-refractivity contribution is 0.185. The zero-order valence-electron chi connectivity index (χ0n) is 9.83. The van der Waals surface area contributed by atoms with E-state index in [1.54, 1.807) is 0 Å². The molecule has 0 unspecified atom stereocenters. The van der Waals surface area contributed by atoms with Gasteiger partial charge in [-0.25, -0.2) is 13.1 Å². The number of sulfonamides is 1. The van der Waals surface area contributed by atoms with Crippen LogP contribution in [0, 0.1) is 0 Å². The summed E-state index contributed by atoms with van der Waals surface area (Å²) >= 11 is 0. The lowest BCUT2D eigenvalue weighted by Gasteiger charge is -2.14. The Balaban J connectivity index is 3.05.